The Morgan fingerprint density at radius 2 is 2.21 bits per heavy atom. The molecule has 8 heteroatoms. The molecule has 1 aliphatic rings. The van der Waals surface area contributed by atoms with E-state index in [-0.39, 0.29) is 17.6 Å². The summed E-state index contributed by atoms with van der Waals surface area (Å²) in [4.78, 5) is 19.4. The van der Waals surface area contributed by atoms with Crippen LogP contribution in [0, 0.1) is 25.6 Å². The predicted molar refractivity (Wildman–Crippen MR) is 109 cm³/mol. The summed E-state index contributed by atoms with van der Waals surface area (Å²) in [6.45, 7) is 6.74. The van der Waals surface area contributed by atoms with Gasteiger partial charge < -0.3 is 10.2 Å². The van der Waals surface area contributed by atoms with Crippen molar-refractivity contribution in [1.82, 2.24) is 20.1 Å². The van der Waals surface area contributed by atoms with Gasteiger partial charge in [-0.2, -0.15) is 5.10 Å². The normalized spacial score (nSPS) is 17.2. The van der Waals surface area contributed by atoms with Gasteiger partial charge in [-0.25, -0.2) is 9.37 Å². The molecular weight excluding hydrogens is 377 g/mol. The molecule has 1 atom stereocenters. The lowest BCUT2D eigenvalue weighted by atomic mass is 9.97. The van der Waals surface area contributed by atoms with Gasteiger partial charge in [0.1, 0.15) is 5.82 Å². The number of hydrogen-bond acceptors (Lipinski definition) is 5. The Bertz CT molecular complexity index is 998. The third-order valence-electron chi connectivity index (χ3n) is 5.13. The maximum absolute atomic E-state index is 13.4. The second-order valence-corrected chi connectivity index (χ2v) is 8.34. The van der Waals surface area contributed by atoms with Gasteiger partial charge in [-0.15, -0.1) is 0 Å². The standard InChI is InChI=1S/C20H24FN5OS/c1-13-10-14(2)26(24-13)9-7-22-19(27)15-4-3-8-25(12-15)20-23-17-6-5-16(21)11-18(17)28-20/h5-6,10-11,15H,3-4,7-9,12H2,1-2H3,(H,22,27). The molecule has 3 heterocycles. The molecule has 1 saturated heterocycles. The number of carbonyl (C=O) groups is 1. The Balaban J connectivity index is 1.35. The van der Waals surface area contributed by atoms with Crippen LogP contribution in [-0.2, 0) is 11.3 Å². The minimum Gasteiger partial charge on any atom is -0.354 e. The Labute approximate surface area is 167 Å². The average Bonchev–Trinajstić information content (AvgIpc) is 3.24. The van der Waals surface area contributed by atoms with E-state index in [1.165, 1.54) is 23.5 Å². The van der Waals surface area contributed by atoms with Crippen molar-refractivity contribution in [3.05, 3.63) is 41.5 Å². The molecule has 1 N–H and O–H groups in total. The molecule has 0 aliphatic carbocycles. The molecular formula is C20H24FN5OS. The summed E-state index contributed by atoms with van der Waals surface area (Å²) in [5, 5.41) is 8.33. The summed E-state index contributed by atoms with van der Waals surface area (Å²) in [5.74, 6) is -0.224. The summed E-state index contributed by atoms with van der Waals surface area (Å²) in [6, 6.07) is 6.69. The van der Waals surface area contributed by atoms with E-state index in [1.54, 1.807) is 6.07 Å². The summed E-state index contributed by atoms with van der Waals surface area (Å²) >= 11 is 1.48. The molecule has 1 aromatic carbocycles. The van der Waals surface area contributed by atoms with Crippen molar-refractivity contribution in [1.29, 1.82) is 0 Å². The third-order valence-corrected chi connectivity index (χ3v) is 6.21. The molecule has 4 rings (SSSR count). The van der Waals surface area contributed by atoms with E-state index in [0.717, 1.165) is 46.1 Å². The second-order valence-electron chi connectivity index (χ2n) is 7.33. The summed E-state index contributed by atoms with van der Waals surface area (Å²) in [7, 11) is 0. The molecule has 2 aromatic heterocycles. The zero-order valence-corrected chi connectivity index (χ0v) is 16.9. The van der Waals surface area contributed by atoms with Crippen LogP contribution in [0.15, 0.2) is 24.3 Å². The van der Waals surface area contributed by atoms with Crippen LogP contribution >= 0.6 is 11.3 Å². The fourth-order valence-electron chi connectivity index (χ4n) is 3.72. The highest BCUT2D eigenvalue weighted by molar-refractivity contribution is 7.22. The number of rotatable bonds is 5. The minimum absolute atomic E-state index is 0.0575. The smallest absolute Gasteiger partial charge is 0.224 e. The number of aryl methyl sites for hydroxylation is 2. The van der Waals surface area contributed by atoms with Crippen LogP contribution in [0.25, 0.3) is 10.2 Å². The van der Waals surface area contributed by atoms with E-state index in [9.17, 15) is 9.18 Å². The number of carbonyl (C=O) groups excluding carboxylic acids is 1. The van der Waals surface area contributed by atoms with E-state index in [0.29, 0.717) is 19.6 Å². The lowest BCUT2D eigenvalue weighted by Gasteiger charge is -2.31. The van der Waals surface area contributed by atoms with Crippen LogP contribution in [0.2, 0.25) is 0 Å². The summed E-state index contributed by atoms with van der Waals surface area (Å²) in [5.41, 5.74) is 2.89. The van der Waals surface area contributed by atoms with Crippen molar-refractivity contribution in [2.24, 2.45) is 5.92 Å². The number of nitrogens with zero attached hydrogens (tertiary/aromatic N) is 4. The highest BCUT2D eigenvalue weighted by atomic mass is 32.1. The van der Waals surface area contributed by atoms with E-state index in [4.69, 9.17) is 0 Å². The van der Waals surface area contributed by atoms with Crippen molar-refractivity contribution in [2.45, 2.75) is 33.2 Å². The van der Waals surface area contributed by atoms with Crippen LogP contribution in [0.1, 0.15) is 24.2 Å². The Morgan fingerprint density at radius 3 is 3.00 bits per heavy atom. The van der Waals surface area contributed by atoms with E-state index < -0.39 is 0 Å². The number of piperidine rings is 1. The monoisotopic (exact) mass is 401 g/mol. The van der Waals surface area contributed by atoms with Gasteiger partial charge in [0.05, 0.1) is 28.4 Å². The Hall–Kier alpha value is -2.48. The van der Waals surface area contributed by atoms with Crippen LogP contribution in [-0.4, -0.2) is 40.3 Å². The van der Waals surface area contributed by atoms with Gasteiger partial charge in [-0.3, -0.25) is 9.48 Å². The molecule has 1 amide bonds. The fraction of sp³-hybridized carbons (Fsp3) is 0.450. The third kappa shape index (κ3) is 4.01. The zero-order chi connectivity index (χ0) is 19.7. The number of thiazole rings is 1. The first kappa shape index (κ1) is 18.9. The molecule has 0 spiro atoms. The van der Waals surface area contributed by atoms with Crippen LogP contribution < -0.4 is 10.2 Å². The van der Waals surface area contributed by atoms with Crippen molar-refractivity contribution in [3.8, 4) is 0 Å². The van der Waals surface area contributed by atoms with Gasteiger partial charge in [0, 0.05) is 25.3 Å². The molecule has 1 aliphatic heterocycles. The second kappa shape index (κ2) is 7.87. The Kier molecular flexibility index (Phi) is 5.30. The molecule has 6 nitrogen and oxygen atoms in total. The van der Waals surface area contributed by atoms with Gasteiger partial charge in [0.15, 0.2) is 5.13 Å². The molecule has 148 valence electrons. The van der Waals surface area contributed by atoms with Gasteiger partial charge in [0.2, 0.25) is 5.91 Å². The van der Waals surface area contributed by atoms with Crippen molar-refractivity contribution >= 4 is 32.6 Å². The topological polar surface area (TPSA) is 63.1 Å². The largest absolute Gasteiger partial charge is 0.354 e. The highest BCUT2D eigenvalue weighted by Crippen LogP contribution is 2.32. The molecule has 1 unspecified atom stereocenters. The van der Waals surface area contributed by atoms with Gasteiger partial charge >= 0.3 is 0 Å². The number of hydrogen-bond donors (Lipinski definition) is 1. The fourth-order valence-corrected chi connectivity index (χ4v) is 4.74. The van der Waals surface area contributed by atoms with Crippen LogP contribution in [0.4, 0.5) is 9.52 Å². The molecule has 0 saturated carbocycles. The zero-order valence-electron chi connectivity index (χ0n) is 16.1. The maximum Gasteiger partial charge on any atom is 0.224 e. The first-order valence-electron chi connectivity index (χ1n) is 9.59. The SMILES string of the molecule is Cc1cc(C)n(CCNC(=O)C2CCCN(c3nc4ccc(F)cc4s3)C2)n1. The number of nitrogens with one attached hydrogen (secondary N) is 1. The lowest BCUT2D eigenvalue weighted by Crippen LogP contribution is -2.43. The number of fused-ring (bicyclic) bond motifs is 1. The van der Waals surface area contributed by atoms with Crippen molar-refractivity contribution in [2.75, 3.05) is 24.5 Å². The number of halogens is 1. The van der Waals surface area contributed by atoms with E-state index in [2.05, 4.69) is 20.3 Å². The Morgan fingerprint density at radius 1 is 1.36 bits per heavy atom. The van der Waals surface area contributed by atoms with Gasteiger partial charge in [-0.1, -0.05) is 11.3 Å². The molecule has 0 radical (unpaired) electrons. The number of aromatic nitrogens is 3. The van der Waals surface area contributed by atoms with E-state index >= 15 is 0 Å². The van der Waals surface area contributed by atoms with E-state index in [1.807, 2.05) is 24.6 Å². The maximum atomic E-state index is 13.4. The number of amides is 1. The molecule has 1 fully saturated rings. The van der Waals surface area contributed by atoms with Crippen LogP contribution in [0.3, 0.4) is 0 Å². The predicted octanol–water partition coefficient (Wildman–Crippen LogP) is 3.28. The first-order chi connectivity index (χ1) is 13.5. The van der Waals surface area contributed by atoms with Crippen molar-refractivity contribution < 1.29 is 9.18 Å². The summed E-state index contributed by atoms with van der Waals surface area (Å²) in [6.07, 6.45) is 1.82. The summed E-state index contributed by atoms with van der Waals surface area (Å²) < 4.78 is 16.2. The number of anilines is 1. The average molecular weight is 402 g/mol. The molecule has 28 heavy (non-hydrogen) atoms. The molecule has 3 aromatic rings. The van der Waals surface area contributed by atoms with Gasteiger partial charge in [-0.05, 0) is 51.0 Å². The van der Waals surface area contributed by atoms with Gasteiger partial charge in [0.25, 0.3) is 0 Å². The highest BCUT2D eigenvalue weighted by Gasteiger charge is 2.27. The molecule has 0 bridgehead atoms. The van der Waals surface area contributed by atoms with Crippen molar-refractivity contribution in [3.63, 3.8) is 0 Å². The minimum atomic E-state index is -0.249. The quantitative estimate of drug-likeness (QED) is 0.713. The van der Waals surface area contributed by atoms with Crippen LogP contribution in [0.5, 0.6) is 0 Å². The first-order valence-corrected chi connectivity index (χ1v) is 10.4. The lowest BCUT2D eigenvalue weighted by molar-refractivity contribution is -0.125. The number of benzene rings is 1.